The monoisotopic (exact) mass is 564 g/mol. The molecule has 10 aromatic rings. The molecule has 0 unspecified atom stereocenters. The summed E-state index contributed by atoms with van der Waals surface area (Å²) in [6.07, 6.45) is 0. The molecule has 43 heavy (non-hydrogen) atoms. The lowest BCUT2D eigenvalue weighted by atomic mass is 10.0. The minimum Gasteiger partial charge on any atom is -0.304 e. The van der Waals surface area contributed by atoms with Crippen molar-refractivity contribution in [3.63, 3.8) is 0 Å². The van der Waals surface area contributed by atoms with E-state index in [0.29, 0.717) is 5.95 Å². The number of hydrogen-bond donors (Lipinski definition) is 0. The van der Waals surface area contributed by atoms with Crippen LogP contribution in [0.3, 0.4) is 0 Å². The molecule has 0 saturated carbocycles. The summed E-state index contributed by atoms with van der Waals surface area (Å²) < 4.78 is 4.81. The third-order valence-electron chi connectivity index (χ3n) is 9.23. The van der Waals surface area contributed by atoms with Gasteiger partial charge in [0.05, 0.1) is 43.8 Å². The van der Waals surface area contributed by atoms with Crippen molar-refractivity contribution in [1.82, 2.24) is 14.4 Å². The van der Waals surface area contributed by atoms with Gasteiger partial charge in [0.25, 0.3) is 0 Å². The molecule has 4 aromatic heterocycles. The van der Waals surface area contributed by atoms with Crippen LogP contribution in [0.2, 0.25) is 0 Å². The number of hydrogen-bond acceptors (Lipinski definition) is 4. The first kappa shape index (κ1) is 22.1. The maximum Gasteiger partial charge on any atom is 0.235 e. The van der Waals surface area contributed by atoms with Crippen LogP contribution < -0.4 is 4.90 Å². The van der Waals surface area contributed by atoms with E-state index < -0.39 is 0 Å². The number of anilines is 3. The van der Waals surface area contributed by atoms with Crippen molar-refractivity contribution < 1.29 is 0 Å². The zero-order chi connectivity index (χ0) is 27.8. The minimum atomic E-state index is 0.695. The Morgan fingerprint density at radius 3 is 1.91 bits per heavy atom. The molecule has 0 atom stereocenters. The molecule has 0 aliphatic carbocycles. The van der Waals surface area contributed by atoms with E-state index in [1.165, 1.54) is 59.0 Å². The topological polar surface area (TPSA) is 33.4 Å². The summed E-state index contributed by atoms with van der Waals surface area (Å²) in [5, 5.41) is 8.69. The van der Waals surface area contributed by atoms with E-state index in [2.05, 4.69) is 131 Å². The predicted molar refractivity (Wildman–Crippen MR) is 181 cm³/mol. The molecular weight excluding hydrogens is 545 g/mol. The Labute approximate surface area is 249 Å². The molecule has 6 aromatic carbocycles. The first-order chi connectivity index (χ1) is 21.3. The highest BCUT2D eigenvalue weighted by Crippen LogP contribution is 2.52. The van der Waals surface area contributed by atoms with Crippen molar-refractivity contribution in [2.45, 2.75) is 0 Å². The normalized spacial score (nSPS) is 13.1. The van der Waals surface area contributed by atoms with Crippen LogP contribution in [-0.4, -0.2) is 14.4 Å². The number of rotatable bonds is 2. The summed E-state index contributed by atoms with van der Waals surface area (Å²) in [7, 11) is 0. The highest BCUT2D eigenvalue weighted by atomic mass is 32.1. The molecule has 4 nitrogen and oxygen atoms in total. The molecular formula is C38H20N4S. The number of benzene rings is 6. The van der Waals surface area contributed by atoms with Gasteiger partial charge < -0.3 is 4.40 Å². The molecule has 198 valence electrons. The molecule has 0 fully saturated rings. The second kappa shape index (κ2) is 7.65. The lowest BCUT2D eigenvalue weighted by molar-refractivity contribution is 1.11. The fraction of sp³-hybridized carbons (Fsp3) is 0. The highest BCUT2D eigenvalue weighted by Gasteiger charge is 2.31. The first-order valence-corrected chi connectivity index (χ1v) is 15.3. The summed E-state index contributed by atoms with van der Waals surface area (Å²) in [5.41, 5.74) is 9.01. The van der Waals surface area contributed by atoms with Gasteiger partial charge in [-0.2, -0.15) is 0 Å². The van der Waals surface area contributed by atoms with Gasteiger partial charge in [-0.05, 0) is 35.0 Å². The molecule has 0 bridgehead atoms. The van der Waals surface area contributed by atoms with Crippen molar-refractivity contribution >= 4 is 97.8 Å². The molecule has 0 N–H and O–H groups in total. The number of fused-ring (bicyclic) bond motifs is 6. The fourth-order valence-electron chi connectivity index (χ4n) is 7.44. The van der Waals surface area contributed by atoms with E-state index in [-0.39, 0.29) is 0 Å². The number of aromatic nitrogens is 3. The lowest BCUT2D eigenvalue weighted by Gasteiger charge is -2.28. The van der Waals surface area contributed by atoms with Gasteiger partial charge in [0.1, 0.15) is 0 Å². The molecule has 0 spiro atoms. The smallest absolute Gasteiger partial charge is 0.235 e. The molecule has 1 aliphatic rings. The number of thiophene rings is 1. The Hall–Kier alpha value is -5.52. The average molecular weight is 565 g/mol. The fourth-order valence-corrected chi connectivity index (χ4v) is 8.59. The maximum atomic E-state index is 5.45. The summed E-state index contributed by atoms with van der Waals surface area (Å²) in [6, 6.07) is 43.7. The molecule has 0 radical (unpaired) electrons. The van der Waals surface area contributed by atoms with Crippen molar-refractivity contribution in [2.24, 2.45) is 0 Å². The Bertz CT molecular complexity index is 2720. The van der Waals surface area contributed by atoms with Crippen LogP contribution in [0.1, 0.15) is 0 Å². The van der Waals surface area contributed by atoms with Crippen molar-refractivity contribution in [2.75, 3.05) is 4.90 Å². The van der Waals surface area contributed by atoms with Crippen LogP contribution in [0.15, 0.2) is 121 Å². The SMILES string of the molecule is c1ccc2cc(-c3nc(N4c5cccc6c7cccc8c9cccc4c9n(c56)c78)nc4c3sc3ccccc34)ccc2c1. The van der Waals surface area contributed by atoms with Gasteiger partial charge in [-0.3, -0.25) is 4.90 Å². The second-order valence-electron chi connectivity index (χ2n) is 11.4. The van der Waals surface area contributed by atoms with Gasteiger partial charge in [-0.15, -0.1) is 11.3 Å². The van der Waals surface area contributed by atoms with Crippen molar-refractivity contribution in [3.05, 3.63) is 121 Å². The van der Waals surface area contributed by atoms with Crippen molar-refractivity contribution in [3.8, 4) is 11.3 Å². The van der Waals surface area contributed by atoms with Crippen LogP contribution in [0.5, 0.6) is 0 Å². The third-order valence-corrected chi connectivity index (χ3v) is 10.4. The van der Waals surface area contributed by atoms with Crippen LogP contribution in [0, 0.1) is 0 Å². The van der Waals surface area contributed by atoms with Crippen molar-refractivity contribution in [1.29, 1.82) is 0 Å². The standard InChI is InChI=1S/C38H20N4S/c1-2-9-22-20-23(19-18-21(22)8-1)32-37-33(28-10-3-4-17-31(28)43-37)40-38(39-32)41-29-15-6-13-26-24-11-5-12-25-27-14-7-16-30(41)36(27)42(34(24)25)35(26)29/h1-20H. The first-order valence-electron chi connectivity index (χ1n) is 14.5. The summed E-state index contributed by atoms with van der Waals surface area (Å²) in [6.45, 7) is 0. The number of nitrogens with zero attached hydrogens (tertiary/aromatic N) is 4. The van der Waals surface area contributed by atoms with Crippen LogP contribution in [0.25, 0.3) is 80.4 Å². The zero-order valence-corrected chi connectivity index (χ0v) is 23.6. The van der Waals surface area contributed by atoms with Crippen LogP contribution in [-0.2, 0) is 0 Å². The van der Waals surface area contributed by atoms with E-state index in [0.717, 1.165) is 32.8 Å². The largest absolute Gasteiger partial charge is 0.304 e. The third kappa shape index (κ3) is 2.67. The van der Waals surface area contributed by atoms with Crippen LogP contribution >= 0.6 is 11.3 Å². The van der Waals surface area contributed by atoms with Gasteiger partial charge in [0.2, 0.25) is 5.95 Å². The molecule has 1 aliphatic heterocycles. The van der Waals surface area contributed by atoms with Gasteiger partial charge in [-0.25, -0.2) is 9.97 Å². The molecule has 0 amide bonds. The lowest BCUT2D eigenvalue weighted by Crippen LogP contribution is -2.17. The Kier molecular flexibility index (Phi) is 3.94. The summed E-state index contributed by atoms with van der Waals surface area (Å²) >= 11 is 1.77. The molecule has 11 rings (SSSR count). The summed E-state index contributed by atoms with van der Waals surface area (Å²) in [5.74, 6) is 0.695. The molecule has 0 saturated heterocycles. The zero-order valence-electron chi connectivity index (χ0n) is 22.7. The van der Waals surface area contributed by atoms with Crippen LogP contribution in [0.4, 0.5) is 17.3 Å². The Morgan fingerprint density at radius 2 is 1.14 bits per heavy atom. The highest BCUT2D eigenvalue weighted by molar-refractivity contribution is 7.26. The van der Waals surface area contributed by atoms with E-state index in [4.69, 9.17) is 9.97 Å². The Balaban J connectivity index is 1.29. The molecule has 5 heterocycles. The number of para-hydroxylation sites is 3. The van der Waals surface area contributed by atoms with Gasteiger partial charge in [0.15, 0.2) is 0 Å². The average Bonchev–Trinajstić information content (AvgIpc) is 3.72. The van der Waals surface area contributed by atoms with E-state index in [9.17, 15) is 0 Å². The quantitative estimate of drug-likeness (QED) is 0.209. The maximum absolute atomic E-state index is 5.45. The van der Waals surface area contributed by atoms with Gasteiger partial charge in [0, 0.05) is 37.2 Å². The predicted octanol–water partition coefficient (Wildman–Crippen LogP) is 10.6. The van der Waals surface area contributed by atoms with E-state index in [1.807, 2.05) is 0 Å². The second-order valence-corrected chi connectivity index (χ2v) is 12.5. The van der Waals surface area contributed by atoms with Gasteiger partial charge in [-0.1, -0.05) is 97.1 Å². The Morgan fingerprint density at radius 1 is 0.512 bits per heavy atom. The summed E-state index contributed by atoms with van der Waals surface area (Å²) in [4.78, 5) is 13.1. The minimum absolute atomic E-state index is 0.695. The van der Waals surface area contributed by atoms with E-state index >= 15 is 0 Å². The molecule has 5 heteroatoms. The van der Waals surface area contributed by atoms with Gasteiger partial charge >= 0.3 is 0 Å². The van der Waals surface area contributed by atoms with E-state index in [1.54, 1.807) is 11.3 Å².